The molecule has 1 heterocycles. The Kier molecular flexibility index (Phi) is 5.68. The van der Waals surface area contributed by atoms with Gasteiger partial charge < -0.3 is 5.32 Å². The van der Waals surface area contributed by atoms with Crippen molar-refractivity contribution >= 4 is 11.6 Å². The number of nitrogens with zero attached hydrogens (tertiary/aromatic N) is 1. The standard InChI is InChI=1S/C16H25ClN2/c1-13(2)18-10-14-6-5-9-19(11-14)12-15-7-3-4-8-16(15)17/h3-4,7-8,13-14,18H,5-6,9-12H2,1-2H3. The highest BCUT2D eigenvalue weighted by molar-refractivity contribution is 6.31. The van der Waals surface area contributed by atoms with Crippen LogP contribution in [0.1, 0.15) is 32.3 Å². The third-order valence-electron chi connectivity index (χ3n) is 3.77. The minimum Gasteiger partial charge on any atom is -0.314 e. The van der Waals surface area contributed by atoms with Crippen molar-refractivity contribution in [3.8, 4) is 0 Å². The van der Waals surface area contributed by atoms with E-state index in [1.807, 2.05) is 12.1 Å². The van der Waals surface area contributed by atoms with E-state index >= 15 is 0 Å². The molecule has 0 spiro atoms. The number of likely N-dealkylation sites (tertiary alicyclic amines) is 1. The van der Waals surface area contributed by atoms with Gasteiger partial charge in [-0.25, -0.2) is 0 Å². The first-order valence-corrected chi connectivity index (χ1v) is 7.72. The van der Waals surface area contributed by atoms with Crippen molar-refractivity contribution in [2.45, 2.75) is 39.3 Å². The summed E-state index contributed by atoms with van der Waals surface area (Å²) in [6.45, 7) is 8.93. The van der Waals surface area contributed by atoms with Crippen molar-refractivity contribution in [3.05, 3.63) is 34.9 Å². The molecular formula is C16H25ClN2. The quantitative estimate of drug-likeness (QED) is 0.887. The minimum atomic E-state index is 0.582. The highest BCUT2D eigenvalue weighted by Crippen LogP contribution is 2.21. The SMILES string of the molecule is CC(C)NCC1CCCN(Cc2ccccc2Cl)C1. The summed E-state index contributed by atoms with van der Waals surface area (Å²) in [6.07, 6.45) is 2.65. The Balaban J connectivity index is 1.86. The lowest BCUT2D eigenvalue weighted by Gasteiger charge is -2.33. The van der Waals surface area contributed by atoms with E-state index in [-0.39, 0.29) is 0 Å². The van der Waals surface area contributed by atoms with E-state index in [1.165, 1.54) is 31.5 Å². The molecule has 19 heavy (non-hydrogen) atoms. The number of halogens is 1. The Bertz CT molecular complexity index is 392. The molecule has 1 atom stereocenters. The van der Waals surface area contributed by atoms with E-state index in [2.05, 4.69) is 36.2 Å². The van der Waals surface area contributed by atoms with Crippen LogP contribution in [0.5, 0.6) is 0 Å². The summed E-state index contributed by atoms with van der Waals surface area (Å²) in [4.78, 5) is 2.54. The normalized spacial score (nSPS) is 20.9. The van der Waals surface area contributed by atoms with Crippen molar-refractivity contribution < 1.29 is 0 Å². The Morgan fingerprint density at radius 2 is 2.16 bits per heavy atom. The summed E-state index contributed by atoms with van der Waals surface area (Å²) in [6, 6.07) is 8.77. The van der Waals surface area contributed by atoms with Crippen molar-refractivity contribution in [2.75, 3.05) is 19.6 Å². The fraction of sp³-hybridized carbons (Fsp3) is 0.625. The van der Waals surface area contributed by atoms with E-state index < -0.39 is 0 Å². The summed E-state index contributed by atoms with van der Waals surface area (Å²) < 4.78 is 0. The van der Waals surface area contributed by atoms with Gasteiger partial charge in [-0.15, -0.1) is 0 Å². The van der Waals surface area contributed by atoms with Crippen LogP contribution in [0.2, 0.25) is 5.02 Å². The van der Waals surface area contributed by atoms with Crippen LogP contribution in [0.4, 0.5) is 0 Å². The molecule has 106 valence electrons. The molecule has 1 unspecified atom stereocenters. The maximum Gasteiger partial charge on any atom is 0.0451 e. The van der Waals surface area contributed by atoms with Crippen LogP contribution >= 0.6 is 11.6 Å². The predicted octanol–water partition coefficient (Wildman–Crippen LogP) is 3.55. The van der Waals surface area contributed by atoms with Gasteiger partial charge in [0.15, 0.2) is 0 Å². The number of piperidine rings is 1. The van der Waals surface area contributed by atoms with Gasteiger partial charge in [-0.2, -0.15) is 0 Å². The lowest BCUT2D eigenvalue weighted by Crippen LogP contribution is -2.40. The van der Waals surface area contributed by atoms with Crippen molar-refractivity contribution in [2.24, 2.45) is 5.92 Å². The van der Waals surface area contributed by atoms with Gasteiger partial charge in [0.2, 0.25) is 0 Å². The lowest BCUT2D eigenvalue weighted by molar-refractivity contribution is 0.164. The average Bonchev–Trinajstić information content (AvgIpc) is 2.40. The molecule has 0 bridgehead atoms. The second kappa shape index (κ2) is 7.28. The van der Waals surface area contributed by atoms with E-state index in [4.69, 9.17) is 11.6 Å². The molecule has 1 aromatic carbocycles. The maximum atomic E-state index is 6.24. The predicted molar refractivity (Wildman–Crippen MR) is 82.6 cm³/mol. The van der Waals surface area contributed by atoms with E-state index in [0.717, 1.165) is 24.0 Å². The van der Waals surface area contributed by atoms with Crippen LogP contribution in [0, 0.1) is 5.92 Å². The molecule has 1 N–H and O–H groups in total. The van der Waals surface area contributed by atoms with Gasteiger partial charge in [-0.3, -0.25) is 4.90 Å². The second-order valence-electron chi connectivity index (χ2n) is 5.90. The van der Waals surface area contributed by atoms with Gasteiger partial charge in [0.25, 0.3) is 0 Å². The van der Waals surface area contributed by atoms with Crippen molar-refractivity contribution in [1.82, 2.24) is 10.2 Å². The van der Waals surface area contributed by atoms with Crippen LogP contribution < -0.4 is 5.32 Å². The minimum absolute atomic E-state index is 0.582. The molecule has 1 saturated heterocycles. The summed E-state index contributed by atoms with van der Waals surface area (Å²) in [5, 5.41) is 4.45. The number of rotatable bonds is 5. The highest BCUT2D eigenvalue weighted by atomic mass is 35.5. The number of hydrogen-bond acceptors (Lipinski definition) is 2. The van der Waals surface area contributed by atoms with Crippen LogP contribution in [0.25, 0.3) is 0 Å². The number of benzene rings is 1. The number of nitrogens with one attached hydrogen (secondary N) is 1. The van der Waals surface area contributed by atoms with Crippen molar-refractivity contribution in [1.29, 1.82) is 0 Å². The van der Waals surface area contributed by atoms with Crippen LogP contribution in [-0.4, -0.2) is 30.6 Å². The molecule has 0 amide bonds. The first-order chi connectivity index (χ1) is 9.15. The average molecular weight is 281 g/mol. The third kappa shape index (κ3) is 4.79. The molecule has 3 heteroatoms. The van der Waals surface area contributed by atoms with Gasteiger partial charge in [-0.05, 0) is 43.5 Å². The first kappa shape index (κ1) is 14.8. The maximum absolute atomic E-state index is 6.24. The van der Waals surface area contributed by atoms with Gasteiger partial charge in [0.05, 0.1) is 0 Å². The summed E-state index contributed by atoms with van der Waals surface area (Å²) in [5.41, 5.74) is 1.25. The van der Waals surface area contributed by atoms with Gasteiger partial charge in [0, 0.05) is 24.2 Å². The third-order valence-corrected chi connectivity index (χ3v) is 4.14. The second-order valence-corrected chi connectivity index (χ2v) is 6.30. The molecule has 0 aromatic heterocycles. The molecule has 0 aliphatic carbocycles. The molecule has 0 radical (unpaired) electrons. The summed E-state index contributed by atoms with van der Waals surface area (Å²) in [5.74, 6) is 0.777. The first-order valence-electron chi connectivity index (χ1n) is 7.34. The molecule has 1 aliphatic rings. The van der Waals surface area contributed by atoms with Crippen molar-refractivity contribution in [3.63, 3.8) is 0 Å². The molecule has 2 nitrogen and oxygen atoms in total. The molecule has 2 rings (SSSR count). The van der Waals surface area contributed by atoms with E-state index in [9.17, 15) is 0 Å². The molecule has 1 fully saturated rings. The van der Waals surface area contributed by atoms with Gasteiger partial charge in [0.1, 0.15) is 0 Å². The van der Waals surface area contributed by atoms with Gasteiger partial charge in [-0.1, -0.05) is 43.6 Å². The molecule has 1 aliphatic heterocycles. The zero-order chi connectivity index (χ0) is 13.7. The lowest BCUT2D eigenvalue weighted by atomic mass is 9.97. The fourth-order valence-electron chi connectivity index (χ4n) is 2.73. The Morgan fingerprint density at radius 1 is 1.37 bits per heavy atom. The largest absolute Gasteiger partial charge is 0.314 e. The van der Waals surface area contributed by atoms with Crippen LogP contribution in [0.3, 0.4) is 0 Å². The monoisotopic (exact) mass is 280 g/mol. The zero-order valence-corrected chi connectivity index (χ0v) is 12.8. The Labute approximate surface area is 122 Å². The highest BCUT2D eigenvalue weighted by Gasteiger charge is 2.20. The van der Waals surface area contributed by atoms with E-state index in [1.54, 1.807) is 0 Å². The molecule has 0 saturated carbocycles. The Morgan fingerprint density at radius 3 is 2.89 bits per heavy atom. The van der Waals surface area contributed by atoms with Crippen LogP contribution in [-0.2, 0) is 6.54 Å². The summed E-state index contributed by atoms with van der Waals surface area (Å²) in [7, 11) is 0. The zero-order valence-electron chi connectivity index (χ0n) is 12.0. The Hall–Kier alpha value is -0.570. The van der Waals surface area contributed by atoms with Gasteiger partial charge >= 0.3 is 0 Å². The topological polar surface area (TPSA) is 15.3 Å². The molecule has 1 aromatic rings. The van der Waals surface area contributed by atoms with E-state index in [0.29, 0.717) is 6.04 Å². The molecular weight excluding hydrogens is 256 g/mol. The number of hydrogen-bond donors (Lipinski definition) is 1. The summed E-state index contributed by atoms with van der Waals surface area (Å²) >= 11 is 6.24. The van der Waals surface area contributed by atoms with Crippen LogP contribution in [0.15, 0.2) is 24.3 Å². The fourth-order valence-corrected chi connectivity index (χ4v) is 2.93. The smallest absolute Gasteiger partial charge is 0.0451 e.